The molecule has 0 bridgehead atoms. The van der Waals surface area contributed by atoms with E-state index in [-0.39, 0.29) is 18.2 Å². The van der Waals surface area contributed by atoms with Gasteiger partial charge >= 0.3 is 0 Å². The summed E-state index contributed by atoms with van der Waals surface area (Å²) in [5, 5.41) is 3.18. The zero-order chi connectivity index (χ0) is 20.4. The Bertz CT molecular complexity index is 936. The summed E-state index contributed by atoms with van der Waals surface area (Å²) in [6, 6.07) is 11.8. The molecule has 7 heteroatoms. The molecule has 1 N–H and O–H groups in total. The summed E-state index contributed by atoms with van der Waals surface area (Å²) >= 11 is 6.17. The predicted molar refractivity (Wildman–Crippen MR) is 109 cm³/mol. The number of halogens is 2. The molecule has 2 amide bonds. The van der Waals surface area contributed by atoms with Gasteiger partial charge in [0.15, 0.2) is 0 Å². The molecule has 1 unspecified atom stereocenters. The number of benzene rings is 2. The summed E-state index contributed by atoms with van der Waals surface area (Å²) in [7, 11) is 0. The molecule has 2 aromatic carbocycles. The SMILES string of the molecule is O=C1NCCN(Cc2ccc(F)cc2Cl)C1CC(=O)N1CCc2ccccc2C1. The minimum Gasteiger partial charge on any atom is -0.353 e. The van der Waals surface area contributed by atoms with Crippen LogP contribution in [0.2, 0.25) is 5.02 Å². The average Bonchev–Trinajstić information content (AvgIpc) is 2.72. The van der Waals surface area contributed by atoms with E-state index in [2.05, 4.69) is 11.4 Å². The number of hydrogen-bond donors (Lipinski definition) is 1. The topological polar surface area (TPSA) is 52.7 Å². The van der Waals surface area contributed by atoms with Gasteiger partial charge in [-0.05, 0) is 35.2 Å². The molecule has 1 atom stereocenters. The number of fused-ring (bicyclic) bond motifs is 1. The fourth-order valence-electron chi connectivity index (χ4n) is 4.05. The molecule has 0 spiro atoms. The van der Waals surface area contributed by atoms with Crippen molar-refractivity contribution in [3.8, 4) is 0 Å². The Kier molecular flexibility index (Phi) is 5.83. The van der Waals surface area contributed by atoms with Crippen LogP contribution in [0.25, 0.3) is 0 Å². The third kappa shape index (κ3) is 4.43. The summed E-state index contributed by atoms with van der Waals surface area (Å²) in [5.41, 5.74) is 3.18. The van der Waals surface area contributed by atoms with Crippen molar-refractivity contribution in [2.45, 2.75) is 32.0 Å². The maximum absolute atomic E-state index is 13.3. The van der Waals surface area contributed by atoms with E-state index in [1.54, 1.807) is 6.07 Å². The Morgan fingerprint density at radius 2 is 1.97 bits per heavy atom. The Labute approximate surface area is 174 Å². The van der Waals surface area contributed by atoms with E-state index >= 15 is 0 Å². The Morgan fingerprint density at radius 1 is 1.17 bits per heavy atom. The largest absolute Gasteiger partial charge is 0.353 e. The van der Waals surface area contributed by atoms with E-state index in [1.807, 2.05) is 28.0 Å². The molecule has 2 heterocycles. The monoisotopic (exact) mass is 415 g/mol. The Balaban J connectivity index is 1.46. The first-order valence-electron chi connectivity index (χ1n) is 9.81. The quantitative estimate of drug-likeness (QED) is 0.835. The molecule has 29 heavy (non-hydrogen) atoms. The molecule has 0 saturated carbocycles. The third-order valence-corrected chi connectivity index (χ3v) is 6.03. The fourth-order valence-corrected chi connectivity index (χ4v) is 4.27. The van der Waals surface area contributed by atoms with Crippen LogP contribution in [0, 0.1) is 5.82 Å². The van der Waals surface area contributed by atoms with Crippen LogP contribution in [-0.2, 0) is 29.1 Å². The van der Waals surface area contributed by atoms with Crippen molar-refractivity contribution in [3.05, 3.63) is 70.0 Å². The summed E-state index contributed by atoms with van der Waals surface area (Å²) in [5.74, 6) is -0.579. The Hall–Kier alpha value is -2.44. The first-order valence-corrected chi connectivity index (χ1v) is 10.2. The number of rotatable bonds is 4. The van der Waals surface area contributed by atoms with Gasteiger partial charge in [-0.2, -0.15) is 0 Å². The van der Waals surface area contributed by atoms with Gasteiger partial charge in [-0.15, -0.1) is 0 Å². The highest BCUT2D eigenvalue weighted by Gasteiger charge is 2.33. The van der Waals surface area contributed by atoms with Crippen molar-refractivity contribution >= 4 is 23.4 Å². The molecule has 2 aliphatic rings. The van der Waals surface area contributed by atoms with E-state index in [9.17, 15) is 14.0 Å². The van der Waals surface area contributed by atoms with E-state index < -0.39 is 11.9 Å². The van der Waals surface area contributed by atoms with Crippen LogP contribution in [-0.4, -0.2) is 47.3 Å². The van der Waals surface area contributed by atoms with Crippen molar-refractivity contribution in [1.29, 1.82) is 0 Å². The highest BCUT2D eigenvalue weighted by molar-refractivity contribution is 6.31. The maximum atomic E-state index is 13.3. The molecule has 0 radical (unpaired) electrons. The lowest BCUT2D eigenvalue weighted by Gasteiger charge is -2.36. The highest BCUT2D eigenvalue weighted by Crippen LogP contribution is 2.23. The normalized spacial score (nSPS) is 19.6. The third-order valence-electron chi connectivity index (χ3n) is 5.68. The average molecular weight is 416 g/mol. The van der Waals surface area contributed by atoms with E-state index in [1.165, 1.54) is 17.7 Å². The first-order chi connectivity index (χ1) is 14.0. The van der Waals surface area contributed by atoms with Crippen molar-refractivity contribution in [2.75, 3.05) is 19.6 Å². The van der Waals surface area contributed by atoms with Gasteiger partial charge < -0.3 is 10.2 Å². The number of amides is 2. The second-order valence-electron chi connectivity index (χ2n) is 7.55. The highest BCUT2D eigenvalue weighted by atomic mass is 35.5. The van der Waals surface area contributed by atoms with Gasteiger partial charge in [-0.25, -0.2) is 4.39 Å². The lowest BCUT2D eigenvalue weighted by atomic mass is 9.99. The van der Waals surface area contributed by atoms with Crippen LogP contribution >= 0.6 is 11.6 Å². The number of hydrogen-bond acceptors (Lipinski definition) is 3. The number of piperazine rings is 1. The lowest BCUT2D eigenvalue weighted by molar-refractivity contribution is -0.139. The van der Waals surface area contributed by atoms with Gasteiger partial charge in [0.25, 0.3) is 0 Å². The van der Waals surface area contributed by atoms with Crippen molar-refractivity contribution in [3.63, 3.8) is 0 Å². The molecule has 2 aromatic rings. The number of nitrogens with one attached hydrogen (secondary N) is 1. The van der Waals surface area contributed by atoms with Gasteiger partial charge in [0.1, 0.15) is 5.82 Å². The zero-order valence-corrected chi connectivity index (χ0v) is 16.8. The number of carbonyl (C=O) groups excluding carboxylic acids is 2. The first kappa shape index (κ1) is 19.9. The minimum atomic E-state index is -0.561. The summed E-state index contributed by atoms with van der Waals surface area (Å²) < 4.78 is 13.3. The van der Waals surface area contributed by atoms with Crippen LogP contribution in [0.5, 0.6) is 0 Å². The second kappa shape index (κ2) is 8.51. The van der Waals surface area contributed by atoms with Crippen LogP contribution in [0.3, 0.4) is 0 Å². The van der Waals surface area contributed by atoms with E-state index in [0.717, 1.165) is 17.5 Å². The van der Waals surface area contributed by atoms with Crippen molar-refractivity contribution < 1.29 is 14.0 Å². The van der Waals surface area contributed by atoms with Gasteiger partial charge in [0.05, 0.1) is 12.5 Å². The van der Waals surface area contributed by atoms with E-state index in [0.29, 0.717) is 37.7 Å². The van der Waals surface area contributed by atoms with Gasteiger partial charge in [0.2, 0.25) is 11.8 Å². The molecule has 0 aliphatic carbocycles. The molecular formula is C22H23ClFN3O2. The minimum absolute atomic E-state index is 0.0308. The smallest absolute Gasteiger partial charge is 0.237 e. The summed E-state index contributed by atoms with van der Waals surface area (Å²) in [6.07, 6.45) is 0.945. The van der Waals surface area contributed by atoms with Gasteiger partial charge in [-0.1, -0.05) is 41.9 Å². The Morgan fingerprint density at radius 3 is 2.76 bits per heavy atom. The molecule has 1 saturated heterocycles. The molecular weight excluding hydrogens is 393 g/mol. The summed E-state index contributed by atoms with van der Waals surface area (Å²) in [6.45, 7) is 2.76. The van der Waals surface area contributed by atoms with Crippen LogP contribution in [0.15, 0.2) is 42.5 Å². The molecule has 0 aromatic heterocycles. The number of carbonyl (C=O) groups is 2. The van der Waals surface area contributed by atoms with Crippen molar-refractivity contribution in [1.82, 2.24) is 15.1 Å². The summed E-state index contributed by atoms with van der Waals surface area (Å²) in [4.78, 5) is 29.3. The zero-order valence-electron chi connectivity index (χ0n) is 16.0. The van der Waals surface area contributed by atoms with Crippen LogP contribution in [0.1, 0.15) is 23.1 Å². The molecule has 152 valence electrons. The molecule has 1 fully saturated rings. The van der Waals surface area contributed by atoms with E-state index in [4.69, 9.17) is 11.6 Å². The lowest BCUT2D eigenvalue weighted by Crippen LogP contribution is -2.56. The van der Waals surface area contributed by atoms with Crippen LogP contribution in [0.4, 0.5) is 4.39 Å². The maximum Gasteiger partial charge on any atom is 0.237 e. The molecule has 5 nitrogen and oxygen atoms in total. The number of nitrogens with zero attached hydrogens (tertiary/aromatic N) is 2. The van der Waals surface area contributed by atoms with Crippen molar-refractivity contribution in [2.24, 2.45) is 0 Å². The van der Waals surface area contributed by atoms with Gasteiger partial charge in [0, 0.05) is 37.7 Å². The fraction of sp³-hybridized carbons (Fsp3) is 0.364. The second-order valence-corrected chi connectivity index (χ2v) is 7.96. The molecule has 4 rings (SSSR count). The van der Waals surface area contributed by atoms with Gasteiger partial charge in [-0.3, -0.25) is 14.5 Å². The predicted octanol–water partition coefficient (Wildman–Crippen LogP) is 2.75. The molecule has 2 aliphatic heterocycles. The van der Waals surface area contributed by atoms with Crippen LogP contribution < -0.4 is 5.32 Å². The standard InChI is InChI=1S/C22H23ClFN3O2/c23-19-11-18(24)6-5-17(19)14-26-10-8-25-22(29)20(26)12-21(28)27-9-7-15-3-1-2-4-16(15)13-27/h1-6,11,20H,7-10,12-14H2,(H,25,29).